The maximum Gasteiger partial charge on any atom is 0.262 e. The van der Waals surface area contributed by atoms with E-state index in [1.165, 1.54) is 12.4 Å². The molecule has 4 N–H and O–H groups in total. The number of nitrogens with one attached hydrogen (secondary N) is 2. The van der Waals surface area contributed by atoms with Crippen molar-refractivity contribution in [2.24, 2.45) is 5.73 Å². The quantitative estimate of drug-likeness (QED) is 0.767. The van der Waals surface area contributed by atoms with Crippen LogP contribution in [0, 0.1) is 6.92 Å². The Morgan fingerprint density at radius 2 is 2.22 bits per heavy atom. The number of H-pyrrole nitrogens is 1. The number of anilines is 1. The molecule has 7 heteroatoms. The van der Waals surface area contributed by atoms with Crippen LogP contribution in [0.3, 0.4) is 0 Å². The molecule has 6 nitrogen and oxygen atoms in total. The maximum absolute atomic E-state index is 12.2. The molecular weight excluding hydrogens is 252 g/mol. The van der Waals surface area contributed by atoms with Gasteiger partial charge in [-0.1, -0.05) is 12.1 Å². The second-order valence-electron chi connectivity index (χ2n) is 3.84. The highest BCUT2D eigenvalue weighted by molar-refractivity contribution is 7.92. The van der Waals surface area contributed by atoms with Crippen LogP contribution in [0.25, 0.3) is 0 Å². The molecule has 0 aliphatic heterocycles. The summed E-state index contributed by atoms with van der Waals surface area (Å²) in [5.41, 5.74) is 7.44. The summed E-state index contributed by atoms with van der Waals surface area (Å²) in [5.74, 6) is 0. The third-order valence-corrected chi connectivity index (χ3v) is 4.18. The molecule has 0 fully saturated rings. The SMILES string of the molecule is Cc1c(CN)cccc1S(=O)(=O)Nc1cn[nH]c1. The summed E-state index contributed by atoms with van der Waals surface area (Å²) in [5, 5.41) is 6.23. The Bertz CT molecular complexity index is 635. The van der Waals surface area contributed by atoms with Gasteiger partial charge in [-0.3, -0.25) is 9.82 Å². The summed E-state index contributed by atoms with van der Waals surface area (Å²) < 4.78 is 26.8. The van der Waals surface area contributed by atoms with Gasteiger partial charge < -0.3 is 5.73 Å². The fourth-order valence-corrected chi connectivity index (χ4v) is 3.01. The van der Waals surface area contributed by atoms with Gasteiger partial charge in [-0.25, -0.2) is 8.42 Å². The number of rotatable bonds is 4. The van der Waals surface area contributed by atoms with E-state index in [1.54, 1.807) is 19.1 Å². The van der Waals surface area contributed by atoms with Gasteiger partial charge in [0, 0.05) is 12.7 Å². The molecule has 0 aliphatic carbocycles. The predicted octanol–water partition coefficient (Wildman–Crippen LogP) is 0.978. The molecule has 2 aromatic rings. The first-order chi connectivity index (χ1) is 8.54. The molecule has 0 bridgehead atoms. The first-order valence-corrected chi connectivity index (χ1v) is 6.83. The monoisotopic (exact) mass is 266 g/mol. The summed E-state index contributed by atoms with van der Waals surface area (Å²) >= 11 is 0. The van der Waals surface area contributed by atoms with Crippen molar-refractivity contribution >= 4 is 15.7 Å². The molecule has 0 saturated heterocycles. The number of aromatic nitrogens is 2. The van der Waals surface area contributed by atoms with Gasteiger partial charge in [0.25, 0.3) is 10.0 Å². The molecule has 0 amide bonds. The number of hydrogen-bond acceptors (Lipinski definition) is 4. The van der Waals surface area contributed by atoms with Gasteiger partial charge in [-0.05, 0) is 24.1 Å². The van der Waals surface area contributed by atoms with E-state index < -0.39 is 10.0 Å². The lowest BCUT2D eigenvalue weighted by atomic mass is 10.1. The largest absolute Gasteiger partial charge is 0.326 e. The molecule has 2 rings (SSSR count). The van der Waals surface area contributed by atoms with Gasteiger partial charge in [0.1, 0.15) is 0 Å². The lowest BCUT2D eigenvalue weighted by molar-refractivity contribution is 0.600. The fraction of sp³-hybridized carbons (Fsp3) is 0.182. The van der Waals surface area contributed by atoms with Crippen molar-refractivity contribution in [3.63, 3.8) is 0 Å². The maximum atomic E-state index is 12.2. The molecular formula is C11H14N4O2S. The van der Waals surface area contributed by atoms with Gasteiger partial charge in [0.15, 0.2) is 0 Å². The van der Waals surface area contributed by atoms with Crippen LogP contribution < -0.4 is 10.5 Å². The van der Waals surface area contributed by atoms with Gasteiger partial charge in [-0.15, -0.1) is 0 Å². The smallest absolute Gasteiger partial charge is 0.262 e. The molecule has 18 heavy (non-hydrogen) atoms. The molecule has 0 radical (unpaired) electrons. The Balaban J connectivity index is 2.42. The van der Waals surface area contributed by atoms with E-state index in [9.17, 15) is 8.42 Å². The van der Waals surface area contributed by atoms with Crippen LogP contribution >= 0.6 is 0 Å². The average Bonchev–Trinajstić information content (AvgIpc) is 2.81. The van der Waals surface area contributed by atoms with Crippen molar-refractivity contribution in [1.82, 2.24) is 10.2 Å². The summed E-state index contributed by atoms with van der Waals surface area (Å²) in [6, 6.07) is 5.04. The minimum Gasteiger partial charge on any atom is -0.326 e. The normalized spacial score (nSPS) is 11.4. The van der Waals surface area contributed by atoms with E-state index >= 15 is 0 Å². The van der Waals surface area contributed by atoms with E-state index in [2.05, 4.69) is 14.9 Å². The number of sulfonamides is 1. The fourth-order valence-electron chi connectivity index (χ4n) is 1.69. The van der Waals surface area contributed by atoms with E-state index in [-0.39, 0.29) is 4.90 Å². The van der Waals surface area contributed by atoms with Crippen LogP contribution in [0.2, 0.25) is 0 Å². The predicted molar refractivity (Wildman–Crippen MR) is 68.5 cm³/mol. The van der Waals surface area contributed by atoms with Gasteiger partial charge >= 0.3 is 0 Å². The molecule has 0 unspecified atom stereocenters. The van der Waals surface area contributed by atoms with E-state index in [4.69, 9.17) is 5.73 Å². The highest BCUT2D eigenvalue weighted by atomic mass is 32.2. The van der Waals surface area contributed by atoms with Crippen molar-refractivity contribution in [2.75, 3.05) is 4.72 Å². The molecule has 1 heterocycles. The minimum atomic E-state index is -3.61. The van der Waals surface area contributed by atoms with E-state index in [0.29, 0.717) is 17.8 Å². The topological polar surface area (TPSA) is 101 Å². The number of nitrogens with two attached hydrogens (primary N) is 1. The van der Waals surface area contributed by atoms with Crippen molar-refractivity contribution in [3.05, 3.63) is 41.7 Å². The lowest BCUT2D eigenvalue weighted by Crippen LogP contribution is -2.15. The number of benzene rings is 1. The van der Waals surface area contributed by atoms with Gasteiger partial charge in [-0.2, -0.15) is 5.10 Å². The zero-order chi connectivity index (χ0) is 13.2. The van der Waals surface area contributed by atoms with Gasteiger partial charge in [0.05, 0.1) is 16.8 Å². The first-order valence-electron chi connectivity index (χ1n) is 5.35. The molecule has 0 spiro atoms. The van der Waals surface area contributed by atoms with E-state index in [1.807, 2.05) is 6.07 Å². The third-order valence-electron chi connectivity index (χ3n) is 2.66. The van der Waals surface area contributed by atoms with Crippen LogP contribution in [0.4, 0.5) is 5.69 Å². The summed E-state index contributed by atoms with van der Waals surface area (Å²) in [7, 11) is -3.61. The van der Waals surface area contributed by atoms with Crippen LogP contribution in [0.1, 0.15) is 11.1 Å². The van der Waals surface area contributed by atoms with Crippen molar-refractivity contribution < 1.29 is 8.42 Å². The van der Waals surface area contributed by atoms with Crippen molar-refractivity contribution in [2.45, 2.75) is 18.4 Å². The molecule has 0 aliphatic rings. The Hall–Kier alpha value is -1.86. The lowest BCUT2D eigenvalue weighted by Gasteiger charge is -2.11. The Morgan fingerprint density at radius 3 is 2.83 bits per heavy atom. The third kappa shape index (κ3) is 2.36. The number of nitrogens with zero attached hydrogens (tertiary/aromatic N) is 1. The second kappa shape index (κ2) is 4.79. The van der Waals surface area contributed by atoms with Crippen molar-refractivity contribution in [1.29, 1.82) is 0 Å². The average molecular weight is 266 g/mol. The highest BCUT2D eigenvalue weighted by Crippen LogP contribution is 2.21. The second-order valence-corrected chi connectivity index (χ2v) is 5.49. The van der Waals surface area contributed by atoms with Crippen LogP contribution in [0.5, 0.6) is 0 Å². The minimum absolute atomic E-state index is 0.228. The Kier molecular flexibility index (Phi) is 3.35. The van der Waals surface area contributed by atoms with Crippen molar-refractivity contribution in [3.8, 4) is 0 Å². The van der Waals surface area contributed by atoms with Crippen LogP contribution in [-0.2, 0) is 16.6 Å². The Labute approximate surface area is 105 Å². The molecule has 0 atom stereocenters. The zero-order valence-corrected chi connectivity index (χ0v) is 10.7. The molecule has 1 aromatic heterocycles. The highest BCUT2D eigenvalue weighted by Gasteiger charge is 2.18. The number of hydrogen-bond donors (Lipinski definition) is 3. The molecule has 1 aromatic carbocycles. The summed E-state index contributed by atoms with van der Waals surface area (Å²) in [6.07, 6.45) is 2.87. The Morgan fingerprint density at radius 1 is 1.44 bits per heavy atom. The first kappa shape index (κ1) is 12.6. The summed E-state index contributed by atoms with van der Waals surface area (Å²) in [6.45, 7) is 2.05. The summed E-state index contributed by atoms with van der Waals surface area (Å²) in [4.78, 5) is 0.228. The standard InChI is InChI=1S/C11H14N4O2S/c1-8-9(5-12)3-2-4-11(8)18(16,17)15-10-6-13-14-7-10/h2-4,6-7,15H,5,12H2,1H3,(H,13,14). The van der Waals surface area contributed by atoms with Crippen LogP contribution in [0.15, 0.2) is 35.5 Å². The molecule has 0 saturated carbocycles. The van der Waals surface area contributed by atoms with Crippen LogP contribution in [-0.4, -0.2) is 18.6 Å². The van der Waals surface area contributed by atoms with Gasteiger partial charge in [0.2, 0.25) is 0 Å². The number of aromatic amines is 1. The zero-order valence-electron chi connectivity index (χ0n) is 9.84. The van der Waals surface area contributed by atoms with E-state index in [0.717, 1.165) is 5.56 Å². The molecule has 96 valence electrons.